The Bertz CT molecular complexity index is 387. The lowest BCUT2D eigenvalue weighted by Gasteiger charge is -2.06. The largest absolute Gasteiger partial charge is 0.469 e. The molecule has 2 rings (SSSR count). The molecule has 1 aliphatic rings. The van der Waals surface area contributed by atoms with E-state index in [9.17, 15) is 4.79 Å². The monoisotopic (exact) mass is 205 g/mol. The Hall–Kier alpha value is -1.51. The summed E-state index contributed by atoms with van der Waals surface area (Å²) in [7, 11) is 1.43. The summed E-state index contributed by atoms with van der Waals surface area (Å²) < 4.78 is 4.67. The summed E-state index contributed by atoms with van der Waals surface area (Å²) in [5, 5.41) is 0. The molecule has 1 aromatic rings. The Balaban J connectivity index is 2.09. The SMILES string of the molecule is COC(=O)CC1Cc2cccc(N)c2C1. The first-order chi connectivity index (χ1) is 7.20. The Morgan fingerprint density at radius 2 is 2.33 bits per heavy atom. The molecular weight excluding hydrogens is 190 g/mol. The third kappa shape index (κ3) is 1.96. The minimum Gasteiger partial charge on any atom is -0.469 e. The highest BCUT2D eigenvalue weighted by Crippen LogP contribution is 2.32. The molecule has 3 heteroatoms. The molecule has 1 unspecified atom stereocenters. The molecule has 80 valence electrons. The minimum atomic E-state index is -0.133. The lowest BCUT2D eigenvalue weighted by molar-refractivity contribution is -0.141. The third-order valence-electron chi connectivity index (χ3n) is 2.99. The minimum absolute atomic E-state index is 0.133. The Morgan fingerprint density at radius 1 is 1.53 bits per heavy atom. The fraction of sp³-hybridized carbons (Fsp3) is 0.417. The highest BCUT2D eigenvalue weighted by atomic mass is 16.5. The van der Waals surface area contributed by atoms with Crippen molar-refractivity contribution in [3.8, 4) is 0 Å². The van der Waals surface area contributed by atoms with Crippen LogP contribution in [0.5, 0.6) is 0 Å². The average molecular weight is 205 g/mol. The maximum Gasteiger partial charge on any atom is 0.305 e. The van der Waals surface area contributed by atoms with Gasteiger partial charge in [-0.3, -0.25) is 4.79 Å². The number of hydrogen-bond acceptors (Lipinski definition) is 3. The lowest BCUT2D eigenvalue weighted by Crippen LogP contribution is -2.09. The van der Waals surface area contributed by atoms with E-state index in [1.807, 2.05) is 12.1 Å². The van der Waals surface area contributed by atoms with Crippen LogP contribution in [0.2, 0.25) is 0 Å². The van der Waals surface area contributed by atoms with E-state index in [0.717, 1.165) is 18.5 Å². The Morgan fingerprint density at radius 3 is 3.00 bits per heavy atom. The highest BCUT2D eigenvalue weighted by molar-refractivity contribution is 5.70. The quantitative estimate of drug-likeness (QED) is 0.588. The number of nitrogens with two attached hydrogens (primary N) is 1. The molecule has 3 nitrogen and oxygen atoms in total. The van der Waals surface area contributed by atoms with Gasteiger partial charge < -0.3 is 10.5 Å². The van der Waals surface area contributed by atoms with Crippen molar-refractivity contribution < 1.29 is 9.53 Å². The molecule has 0 spiro atoms. The van der Waals surface area contributed by atoms with Crippen molar-refractivity contribution in [3.05, 3.63) is 29.3 Å². The summed E-state index contributed by atoms with van der Waals surface area (Å²) in [5.41, 5.74) is 9.22. The van der Waals surface area contributed by atoms with Crippen LogP contribution in [0.1, 0.15) is 17.5 Å². The van der Waals surface area contributed by atoms with Gasteiger partial charge in [-0.2, -0.15) is 0 Å². The van der Waals surface area contributed by atoms with Crippen LogP contribution in [-0.2, 0) is 22.4 Å². The van der Waals surface area contributed by atoms with E-state index >= 15 is 0 Å². The molecule has 1 aromatic carbocycles. The van der Waals surface area contributed by atoms with E-state index in [0.29, 0.717) is 12.3 Å². The fourth-order valence-electron chi connectivity index (χ4n) is 2.23. The molecule has 2 N–H and O–H groups in total. The summed E-state index contributed by atoms with van der Waals surface area (Å²) in [6, 6.07) is 5.97. The predicted octanol–water partition coefficient (Wildman–Crippen LogP) is 1.55. The molecule has 0 amide bonds. The number of esters is 1. The van der Waals surface area contributed by atoms with Crippen molar-refractivity contribution in [2.45, 2.75) is 19.3 Å². The maximum absolute atomic E-state index is 11.2. The van der Waals surface area contributed by atoms with E-state index < -0.39 is 0 Å². The molecule has 0 heterocycles. The average Bonchev–Trinajstić information content (AvgIpc) is 2.62. The molecule has 0 saturated carbocycles. The molecule has 15 heavy (non-hydrogen) atoms. The number of methoxy groups -OCH3 is 1. The van der Waals surface area contributed by atoms with Crippen molar-refractivity contribution in [2.24, 2.45) is 5.92 Å². The lowest BCUT2D eigenvalue weighted by atomic mass is 10.0. The first-order valence-electron chi connectivity index (χ1n) is 5.13. The van der Waals surface area contributed by atoms with Crippen molar-refractivity contribution in [3.63, 3.8) is 0 Å². The summed E-state index contributed by atoms with van der Waals surface area (Å²) >= 11 is 0. The van der Waals surface area contributed by atoms with Gasteiger partial charge in [-0.1, -0.05) is 12.1 Å². The predicted molar refractivity (Wildman–Crippen MR) is 58.4 cm³/mol. The van der Waals surface area contributed by atoms with Crippen LogP contribution in [0.15, 0.2) is 18.2 Å². The first-order valence-corrected chi connectivity index (χ1v) is 5.13. The molecule has 0 fully saturated rings. The normalized spacial score (nSPS) is 18.6. The molecule has 0 aromatic heterocycles. The van der Waals surface area contributed by atoms with Gasteiger partial charge in [0.2, 0.25) is 0 Å². The number of ether oxygens (including phenoxy) is 1. The van der Waals surface area contributed by atoms with Gasteiger partial charge in [0.25, 0.3) is 0 Å². The second-order valence-corrected chi connectivity index (χ2v) is 4.04. The number of carbonyl (C=O) groups is 1. The van der Waals surface area contributed by atoms with Crippen molar-refractivity contribution >= 4 is 11.7 Å². The van der Waals surface area contributed by atoms with Crippen LogP contribution in [-0.4, -0.2) is 13.1 Å². The van der Waals surface area contributed by atoms with Gasteiger partial charge in [0, 0.05) is 12.1 Å². The van der Waals surface area contributed by atoms with Crippen molar-refractivity contribution in [1.29, 1.82) is 0 Å². The standard InChI is InChI=1S/C12H15NO2/c1-15-12(14)7-8-5-9-3-2-4-11(13)10(9)6-8/h2-4,8H,5-7,13H2,1H3. The molecule has 0 aliphatic heterocycles. The van der Waals surface area contributed by atoms with Crippen LogP contribution in [0.25, 0.3) is 0 Å². The van der Waals surface area contributed by atoms with Crippen molar-refractivity contribution in [1.82, 2.24) is 0 Å². The zero-order valence-corrected chi connectivity index (χ0v) is 8.82. The fourth-order valence-corrected chi connectivity index (χ4v) is 2.23. The summed E-state index contributed by atoms with van der Waals surface area (Å²) in [5.74, 6) is 0.225. The summed E-state index contributed by atoms with van der Waals surface area (Å²) in [4.78, 5) is 11.2. The first kappa shape index (κ1) is 10.0. The third-order valence-corrected chi connectivity index (χ3v) is 2.99. The van der Waals surface area contributed by atoms with Crippen LogP contribution >= 0.6 is 0 Å². The van der Waals surface area contributed by atoms with Gasteiger partial charge in [0.1, 0.15) is 0 Å². The Kier molecular flexibility index (Phi) is 2.62. The number of benzene rings is 1. The van der Waals surface area contributed by atoms with Crippen LogP contribution in [0.3, 0.4) is 0 Å². The zero-order chi connectivity index (χ0) is 10.8. The van der Waals surface area contributed by atoms with E-state index in [4.69, 9.17) is 5.73 Å². The van der Waals surface area contributed by atoms with Gasteiger partial charge in [0.05, 0.1) is 7.11 Å². The number of anilines is 1. The van der Waals surface area contributed by atoms with Gasteiger partial charge in [-0.15, -0.1) is 0 Å². The van der Waals surface area contributed by atoms with E-state index in [1.54, 1.807) is 0 Å². The smallest absolute Gasteiger partial charge is 0.305 e. The number of rotatable bonds is 2. The molecule has 1 atom stereocenters. The van der Waals surface area contributed by atoms with Crippen LogP contribution in [0.4, 0.5) is 5.69 Å². The number of hydrogen-bond donors (Lipinski definition) is 1. The molecule has 0 saturated heterocycles. The van der Waals surface area contributed by atoms with Gasteiger partial charge in [-0.25, -0.2) is 0 Å². The summed E-state index contributed by atoms with van der Waals surface area (Å²) in [6.07, 6.45) is 2.33. The van der Waals surface area contributed by atoms with E-state index in [-0.39, 0.29) is 5.97 Å². The second-order valence-electron chi connectivity index (χ2n) is 4.04. The molecule has 0 radical (unpaired) electrons. The summed E-state index contributed by atoms with van der Waals surface area (Å²) in [6.45, 7) is 0. The maximum atomic E-state index is 11.2. The van der Waals surface area contributed by atoms with Gasteiger partial charge >= 0.3 is 5.97 Å². The number of carbonyl (C=O) groups excluding carboxylic acids is 1. The van der Waals surface area contributed by atoms with E-state index in [2.05, 4.69) is 10.8 Å². The van der Waals surface area contributed by atoms with Crippen molar-refractivity contribution in [2.75, 3.05) is 12.8 Å². The van der Waals surface area contributed by atoms with Gasteiger partial charge in [0.15, 0.2) is 0 Å². The Labute approximate surface area is 89.2 Å². The topological polar surface area (TPSA) is 52.3 Å². The van der Waals surface area contributed by atoms with Crippen LogP contribution in [0, 0.1) is 5.92 Å². The van der Waals surface area contributed by atoms with Crippen LogP contribution < -0.4 is 5.73 Å². The molecule has 0 bridgehead atoms. The highest BCUT2D eigenvalue weighted by Gasteiger charge is 2.25. The molecular formula is C12H15NO2. The van der Waals surface area contributed by atoms with E-state index in [1.165, 1.54) is 18.2 Å². The molecule has 1 aliphatic carbocycles. The number of fused-ring (bicyclic) bond motifs is 1. The van der Waals surface area contributed by atoms with Gasteiger partial charge in [-0.05, 0) is 36.0 Å². The second kappa shape index (κ2) is 3.93. The number of nitrogen functional groups attached to an aromatic ring is 1. The zero-order valence-electron chi connectivity index (χ0n) is 8.82.